The molecule has 0 spiro atoms. The first-order valence-corrected chi connectivity index (χ1v) is 3.30. The molecule has 1 rings (SSSR count). The zero-order valence-electron chi connectivity index (χ0n) is 5.55. The molecule has 0 aromatic heterocycles. The molecule has 0 aromatic rings. The van der Waals surface area contributed by atoms with Crippen molar-refractivity contribution in [2.45, 2.75) is 12.5 Å². The Kier molecular flexibility index (Phi) is 2.25. The summed E-state index contributed by atoms with van der Waals surface area (Å²) >= 11 is 0. The fraction of sp³-hybridized carbons (Fsp3) is 0.714. The van der Waals surface area contributed by atoms with E-state index in [2.05, 4.69) is 6.58 Å². The summed E-state index contributed by atoms with van der Waals surface area (Å²) in [6, 6.07) is 0.132. The Morgan fingerprint density at radius 3 is 3.00 bits per heavy atom. The monoisotopic (exact) mass is 127 g/mol. The van der Waals surface area contributed by atoms with E-state index in [9.17, 15) is 0 Å². The first-order valence-electron chi connectivity index (χ1n) is 3.30. The van der Waals surface area contributed by atoms with Crippen LogP contribution in [-0.2, 0) is 4.74 Å². The molecule has 0 aromatic carbocycles. The smallest absolute Gasteiger partial charge is 0.0513 e. The van der Waals surface area contributed by atoms with E-state index in [1.807, 2.05) is 0 Å². The fourth-order valence-electron chi connectivity index (χ4n) is 1.05. The molecule has 1 aliphatic heterocycles. The lowest BCUT2D eigenvalue weighted by molar-refractivity contribution is 0.183. The average molecular weight is 127 g/mol. The van der Waals surface area contributed by atoms with E-state index in [1.165, 1.54) is 0 Å². The summed E-state index contributed by atoms with van der Waals surface area (Å²) < 4.78 is 5.15. The molecule has 2 heteroatoms. The molecule has 2 nitrogen and oxygen atoms in total. The van der Waals surface area contributed by atoms with Gasteiger partial charge in [-0.25, -0.2) is 0 Å². The van der Waals surface area contributed by atoms with Crippen LogP contribution in [0.2, 0.25) is 0 Å². The van der Waals surface area contributed by atoms with Crippen molar-refractivity contribution >= 4 is 0 Å². The zero-order valence-corrected chi connectivity index (χ0v) is 5.55. The summed E-state index contributed by atoms with van der Waals surface area (Å²) in [6.45, 7) is 5.30. The minimum absolute atomic E-state index is 0.132. The fourth-order valence-corrected chi connectivity index (χ4v) is 1.05. The maximum atomic E-state index is 5.68. The van der Waals surface area contributed by atoms with E-state index in [1.54, 1.807) is 6.08 Å². The SMILES string of the molecule is C=CC(N)C1CCOC1. The molecule has 2 atom stereocenters. The third-order valence-corrected chi connectivity index (χ3v) is 1.78. The summed E-state index contributed by atoms with van der Waals surface area (Å²) in [4.78, 5) is 0. The van der Waals surface area contributed by atoms with E-state index < -0.39 is 0 Å². The molecule has 2 unspecified atom stereocenters. The average Bonchev–Trinajstić information content (AvgIpc) is 2.37. The Morgan fingerprint density at radius 1 is 1.78 bits per heavy atom. The Bertz CT molecular complexity index is 97.1. The largest absolute Gasteiger partial charge is 0.381 e. The highest BCUT2D eigenvalue weighted by Gasteiger charge is 2.19. The molecule has 0 saturated carbocycles. The molecule has 52 valence electrons. The molecular formula is C7H13NO. The number of nitrogens with two attached hydrogens (primary N) is 1. The summed E-state index contributed by atoms with van der Waals surface area (Å²) in [5.41, 5.74) is 5.68. The number of hydrogen-bond donors (Lipinski definition) is 1. The van der Waals surface area contributed by atoms with E-state index in [4.69, 9.17) is 10.5 Å². The minimum Gasteiger partial charge on any atom is -0.381 e. The van der Waals surface area contributed by atoms with Crippen molar-refractivity contribution in [2.24, 2.45) is 11.7 Å². The van der Waals surface area contributed by atoms with Gasteiger partial charge < -0.3 is 10.5 Å². The Morgan fingerprint density at radius 2 is 2.56 bits per heavy atom. The quantitative estimate of drug-likeness (QED) is 0.549. The van der Waals surface area contributed by atoms with Crippen molar-refractivity contribution in [3.63, 3.8) is 0 Å². The van der Waals surface area contributed by atoms with Crippen LogP contribution >= 0.6 is 0 Å². The van der Waals surface area contributed by atoms with Gasteiger partial charge >= 0.3 is 0 Å². The van der Waals surface area contributed by atoms with Crippen LogP contribution in [0.1, 0.15) is 6.42 Å². The second-order valence-electron chi connectivity index (χ2n) is 2.44. The highest BCUT2D eigenvalue weighted by Crippen LogP contribution is 2.15. The molecule has 1 aliphatic rings. The summed E-state index contributed by atoms with van der Waals surface area (Å²) in [7, 11) is 0. The van der Waals surface area contributed by atoms with Crippen LogP contribution in [0.5, 0.6) is 0 Å². The molecule has 2 N–H and O–H groups in total. The second kappa shape index (κ2) is 2.99. The summed E-state index contributed by atoms with van der Waals surface area (Å²) in [5, 5.41) is 0. The van der Waals surface area contributed by atoms with Crippen LogP contribution < -0.4 is 5.73 Å². The summed E-state index contributed by atoms with van der Waals surface area (Å²) in [5.74, 6) is 0.516. The van der Waals surface area contributed by atoms with Crippen LogP contribution in [0, 0.1) is 5.92 Å². The number of ether oxygens (including phenoxy) is 1. The number of rotatable bonds is 2. The molecule has 9 heavy (non-hydrogen) atoms. The third-order valence-electron chi connectivity index (χ3n) is 1.78. The maximum Gasteiger partial charge on any atom is 0.0513 e. The highest BCUT2D eigenvalue weighted by atomic mass is 16.5. The topological polar surface area (TPSA) is 35.2 Å². The standard InChI is InChI=1S/C7H13NO/c1-2-7(8)6-3-4-9-5-6/h2,6-7H,1,3-5,8H2. The van der Waals surface area contributed by atoms with Gasteiger partial charge in [-0.2, -0.15) is 0 Å². The van der Waals surface area contributed by atoms with E-state index >= 15 is 0 Å². The van der Waals surface area contributed by atoms with E-state index in [0.717, 1.165) is 19.6 Å². The van der Waals surface area contributed by atoms with Crippen molar-refractivity contribution in [3.05, 3.63) is 12.7 Å². The van der Waals surface area contributed by atoms with Crippen molar-refractivity contribution in [1.82, 2.24) is 0 Å². The lowest BCUT2D eigenvalue weighted by Crippen LogP contribution is -2.27. The van der Waals surface area contributed by atoms with E-state index in [-0.39, 0.29) is 6.04 Å². The Labute approximate surface area is 55.7 Å². The maximum absolute atomic E-state index is 5.68. The minimum atomic E-state index is 0.132. The van der Waals surface area contributed by atoms with Gasteiger partial charge in [0.25, 0.3) is 0 Å². The van der Waals surface area contributed by atoms with Crippen molar-refractivity contribution < 1.29 is 4.74 Å². The van der Waals surface area contributed by atoms with Crippen LogP contribution in [0.3, 0.4) is 0 Å². The van der Waals surface area contributed by atoms with Gasteiger partial charge in [0.1, 0.15) is 0 Å². The summed E-state index contributed by atoms with van der Waals surface area (Å²) in [6.07, 6.45) is 2.88. The van der Waals surface area contributed by atoms with Gasteiger partial charge in [0, 0.05) is 18.6 Å². The molecule has 1 saturated heterocycles. The first kappa shape index (κ1) is 6.78. The molecule has 0 bridgehead atoms. The van der Waals surface area contributed by atoms with Gasteiger partial charge in [-0.15, -0.1) is 6.58 Å². The molecule has 0 radical (unpaired) electrons. The molecule has 1 fully saturated rings. The lowest BCUT2D eigenvalue weighted by atomic mass is 10.0. The zero-order chi connectivity index (χ0) is 6.69. The normalized spacial score (nSPS) is 30.1. The van der Waals surface area contributed by atoms with Gasteiger partial charge in [0.05, 0.1) is 6.61 Å². The molecule has 0 amide bonds. The van der Waals surface area contributed by atoms with Crippen LogP contribution in [0.15, 0.2) is 12.7 Å². The Balaban J connectivity index is 2.32. The van der Waals surface area contributed by atoms with Crippen molar-refractivity contribution in [1.29, 1.82) is 0 Å². The van der Waals surface area contributed by atoms with Gasteiger partial charge in [0.15, 0.2) is 0 Å². The van der Waals surface area contributed by atoms with Gasteiger partial charge in [0.2, 0.25) is 0 Å². The molecule has 1 heterocycles. The molecule has 0 aliphatic carbocycles. The van der Waals surface area contributed by atoms with Gasteiger partial charge in [-0.3, -0.25) is 0 Å². The van der Waals surface area contributed by atoms with Gasteiger partial charge in [-0.1, -0.05) is 6.08 Å². The third kappa shape index (κ3) is 1.53. The second-order valence-corrected chi connectivity index (χ2v) is 2.44. The van der Waals surface area contributed by atoms with Crippen molar-refractivity contribution in [2.75, 3.05) is 13.2 Å². The highest BCUT2D eigenvalue weighted by molar-refractivity contribution is 4.89. The van der Waals surface area contributed by atoms with Crippen LogP contribution in [0.25, 0.3) is 0 Å². The first-order chi connectivity index (χ1) is 4.34. The van der Waals surface area contributed by atoms with Crippen LogP contribution in [-0.4, -0.2) is 19.3 Å². The van der Waals surface area contributed by atoms with Crippen molar-refractivity contribution in [3.8, 4) is 0 Å². The van der Waals surface area contributed by atoms with Crippen LogP contribution in [0.4, 0.5) is 0 Å². The predicted octanol–water partition coefficient (Wildman–Crippen LogP) is 0.536. The predicted molar refractivity (Wildman–Crippen MR) is 37.1 cm³/mol. The Hall–Kier alpha value is -0.340. The number of hydrogen-bond acceptors (Lipinski definition) is 2. The van der Waals surface area contributed by atoms with Gasteiger partial charge in [-0.05, 0) is 6.42 Å². The lowest BCUT2D eigenvalue weighted by Gasteiger charge is -2.11. The molecular weight excluding hydrogens is 114 g/mol. The van der Waals surface area contributed by atoms with E-state index in [0.29, 0.717) is 5.92 Å².